The lowest BCUT2D eigenvalue weighted by Crippen LogP contribution is -2.40. The number of anilines is 1. The molecular formula is C22H27FN4O4. The molecule has 0 N–H and O–H groups in total. The predicted octanol–water partition coefficient (Wildman–Crippen LogP) is 1.99. The second-order valence-electron chi connectivity index (χ2n) is 9.03. The van der Waals surface area contributed by atoms with E-state index in [1.165, 1.54) is 6.07 Å². The van der Waals surface area contributed by atoms with Gasteiger partial charge in [-0.05, 0) is 42.4 Å². The molecule has 0 saturated carbocycles. The van der Waals surface area contributed by atoms with Crippen molar-refractivity contribution in [3.63, 3.8) is 0 Å². The third-order valence-electron chi connectivity index (χ3n) is 6.88. The molecule has 0 bridgehead atoms. The number of hydrogen-bond donors (Lipinski definition) is 0. The fourth-order valence-corrected chi connectivity index (χ4v) is 5.33. The fourth-order valence-electron chi connectivity index (χ4n) is 5.33. The Hall–Kier alpha value is -2.68. The summed E-state index contributed by atoms with van der Waals surface area (Å²) in [5, 5.41) is 0.608. The van der Waals surface area contributed by atoms with Crippen LogP contribution in [0.5, 0.6) is 0 Å². The van der Waals surface area contributed by atoms with Crippen molar-refractivity contribution < 1.29 is 23.6 Å². The number of benzene rings is 1. The molecule has 2 unspecified atom stereocenters. The largest absolute Gasteiger partial charge is 0.434 e. The van der Waals surface area contributed by atoms with Crippen molar-refractivity contribution in [3.8, 4) is 0 Å². The third-order valence-corrected chi connectivity index (χ3v) is 6.88. The van der Waals surface area contributed by atoms with Gasteiger partial charge in [0.15, 0.2) is 0 Å². The van der Waals surface area contributed by atoms with Gasteiger partial charge in [0.05, 0.1) is 0 Å². The van der Waals surface area contributed by atoms with E-state index in [1.807, 2.05) is 6.07 Å². The standard InChI is InChI=1S/C22H27FN4O4/c23-18-4-3-15(19(9-18)25-7-1-2-8-25)10-24-11-16-13-26(14-17(16)12-24)22(30)31-27-20(28)5-6-21(27)29/h3-4,9,16-17H,1-2,5-8,10-14H2. The Morgan fingerprint density at radius 3 is 2.29 bits per heavy atom. The molecule has 0 radical (unpaired) electrons. The number of nitrogens with zero attached hydrogens (tertiary/aromatic N) is 4. The van der Waals surface area contributed by atoms with E-state index in [0.29, 0.717) is 30.0 Å². The lowest BCUT2D eigenvalue weighted by Gasteiger charge is -2.26. The van der Waals surface area contributed by atoms with Gasteiger partial charge in [0.2, 0.25) is 0 Å². The van der Waals surface area contributed by atoms with E-state index in [4.69, 9.17) is 4.84 Å². The first-order valence-electron chi connectivity index (χ1n) is 11.1. The van der Waals surface area contributed by atoms with Crippen molar-refractivity contribution in [1.29, 1.82) is 0 Å². The Morgan fingerprint density at radius 1 is 1.00 bits per heavy atom. The van der Waals surface area contributed by atoms with E-state index in [9.17, 15) is 18.8 Å². The van der Waals surface area contributed by atoms with Crippen LogP contribution in [-0.2, 0) is 21.0 Å². The van der Waals surface area contributed by atoms with Gasteiger partial charge in [-0.2, -0.15) is 0 Å². The second kappa shape index (κ2) is 8.11. The van der Waals surface area contributed by atoms with Gasteiger partial charge in [-0.25, -0.2) is 9.18 Å². The molecule has 4 heterocycles. The number of amides is 3. The van der Waals surface area contributed by atoms with Crippen LogP contribution in [0.15, 0.2) is 18.2 Å². The van der Waals surface area contributed by atoms with Crippen LogP contribution in [0.3, 0.4) is 0 Å². The zero-order chi connectivity index (χ0) is 21.5. The Morgan fingerprint density at radius 2 is 1.65 bits per heavy atom. The van der Waals surface area contributed by atoms with Gasteiger partial charge in [0.25, 0.3) is 11.8 Å². The molecule has 0 spiro atoms. The minimum atomic E-state index is -0.626. The van der Waals surface area contributed by atoms with Gasteiger partial charge in [-0.15, -0.1) is 5.06 Å². The molecule has 0 aliphatic carbocycles. The summed E-state index contributed by atoms with van der Waals surface area (Å²) in [5.41, 5.74) is 2.14. The van der Waals surface area contributed by atoms with E-state index >= 15 is 0 Å². The average Bonchev–Trinajstić information content (AvgIpc) is 3.51. The Balaban J connectivity index is 1.18. The Bertz CT molecular complexity index is 873. The normalized spacial score (nSPS) is 26.3. The van der Waals surface area contributed by atoms with Crippen LogP contribution in [0.2, 0.25) is 0 Å². The summed E-state index contributed by atoms with van der Waals surface area (Å²) in [5.74, 6) is -0.469. The van der Waals surface area contributed by atoms with Crippen molar-refractivity contribution in [1.82, 2.24) is 14.9 Å². The molecule has 4 saturated heterocycles. The number of carbonyl (C=O) groups is 3. The van der Waals surface area contributed by atoms with Gasteiger partial charge in [0.1, 0.15) is 5.82 Å². The lowest BCUT2D eigenvalue weighted by atomic mass is 10.0. The molecule has 2 atom stereocenters. The molecule has 8 nitrogen and oxygen atoms in total. The Labute approximate surface area is 180 Å². The number of likely N-dealkylation sites (tertiary alicyclic amines) is 2. The summed E-state index contributed by atoms with van der Waals surface area (Å²) < 4.78 is 13.9. The number of hydroxylamine groups is 2. The van der Waals surface area contributed by atoms with Gasteiger partial charge >= 0.3 is 6.09 Å². The molecule has 5 rings (SSSR count). The first-order valence-corrected chi connectivity index (χ1v) is 11.1. The van der Waals surface area contributed by atoms with Crippen LogP contribution in [0.25, 0.3) is 0 Å². The van der Waals surface area contributed by atoms with Crippen LogP contribution in [0, 0.1) is 17.7 Å². The van der Waals surface area contributed by atoms with E-state index in [2.05, 4.69) is 9.80 Å². The highest BCUT2D eigenvalue weighted by molar-refractivity contribution is 6.01. The lowest BCUT2D eigenvalue weighted by molar-refractivity contribution is -0.173. The molecule has 0 aromatic heterocycles. The molecule has 4 fully saturated rings. The van der Waals surface area contributed by atoms with E-state index in [1.54, 1.807) is 11.0 Å². The van der Waals surface area contributed by atoms with Gasteiger partial charge < -0.3 is 14.6 Å². The van der Waals surface area contributed by atoms with Crippen LogP contribution in [-0.4, -0.2) is 72.0 Å². The molecule has 4 aliphatic heterocycles. The number of fused-ring (bicyclic) bond motifs is 1. The van der Waals surface area contributed by atoms with Gasteiger partial charge in [0, 0.05) is 64.3 Å². The van der Waals surface area contributed by atoms with Crippen LogP contribution in [0.1, 0.15) is 31.2 Å². The summed E-state index contributed by atoms with van der Waals surface area (Å²) in [7, 11) is 0. The van der Waals surface area contributed by atoms with Crippen LogP contribution >= 0.6 is 0 Å². The first kappa shape index (κ1) is 20.2. The SMILES string of the molecule is O=C(ON1C(=O)CCC1=O)N1CC2CN(Cc3ccc(F)cc3N3CCCC3)CC2C1. The van der Waals surface area contributed by atoms with Gasteiger partial charge in [-0.1, -0.05) is 6.07 Å². The highest BCUT2D eigenvalue weighted by Gasteiger charge is 2.43. The fraction of sp³-hybridized carbons (Fsp3) is 0.591. The number of imide groups is 1. The topological polar surface area (TPSA) is 73.4 Å². The maximum absolute atomic E-state index is 13.9. The minimum Gasteiger partial charge on any atom is -0.371 e. The minimum absolute atomic E-state index is 0.0924. The highest BCUT2D eigenvalue weighted by Crippen LogP contribution is 2.34. The molecule has 1 aromatic carbocycles. The second-order valence-corrected chi connectivity index (χ2v) is 9.03. The zero-order valence-corrected chi connectivity index (χ0v) is 17.5. The molecular weight excluding hydrogens is 403 g/mol. The van der Waals surface area contributed by atoms with Crippen LogP contribution in [0.4, 0.5) is 14.9 Å². The molecule has 4 aliphatic rings. The van der Waals surface area contributed by atoms with E-state index in [-0.39, 0.29) is 18.7 Å². The van der Waals surface area contributed by atoms with Crippen molar-refractivity contribution >= 4 is 23.6 Å². The number of hydrogen-bond acceptors (Lipinski definition) is 6. The maximum Gasteiger partial charge on any atom is 0.434 e. The van der Waals surface area contributed by atoms with Crippen molar-refractivity contribution in [2.45, 2.75) is 32.2 Å². The maximum atomic E-state index is 13.9. The van der Waals surface area contributed by atoms with Crippen LogP contribution < -0.4 is 4.90 Å². The van der Waals surface area contributed by atoms with Crippen molar-refractivity contribution in [2.24, 2.45) is 11.8 Å². The third kappa shape index (κ3) is 3.98. The average molecular weight is 430 g/mol. The molecule has 9 heteroatoms. The highest BCUT2D eigenvalue weighted by atomic mass is 19.1. The smallest absolute Gasteiger partial charge is 0.371 e. The van der Waals surface area contributed by atoms with Crippen molar-refractivity contribution in [2.75, 3.05) is 44.2 Å². The van der Waals surface area contributed by atoms with Crippen molar-refractivity contribution in [3.05, 3.63) is 29.6 Å². The summed E-state index contributed by atoms with van der Waals surface area (Å²) in [4.78, 5) is 47.1. The summed E-state index contributed by atoms with van der Waals surface area (Å²) in [6.45, 7) is 5.53. The summed E-state index contributed by atoms with van der Waals surface area (Å²) in [6, 6.07) is 5.07. The first-order chi connectivity index (χ1) is 15.0. The molecule has 166 valence electrons. The zero-order valence-electron chi connectivity index (χ0n) is 17.5. The monoisotopic (exact) mass is 430 g/mol. The van der Waals surface area contributed by atoms with E-state index < -0.39 is 17.9 Å². The quantitative estimate of drug-likeness (QED) is 0.681. The number of carbonyl (C=O) groups excluding carboxylic acids is 3. The summed E-state index contributed by atoms with van der Waals surface area (Å²) >= 11 is 0. The number of rotatable bonds is 4. The van der Waals surface area contributed by atoms with E-state index in [0.717, 1.165) is 56.8 Å². The molecule has 31 heavy (non-hydrogen) atoms. The molecule has 1 aromatic rings. The predicted molar refractivity (Wildman–Crippen MR) is 109 cm³/mol. The molecule has 3 amide bonds. The van der Waals surface area contributed by atoms with Gasteiger partial charge in [-0.3, -0.25) is 14.5 Å². The Kier molecular flexibility index (Phi) is 5.29. The summed E-state index contributed by atoms with van der Waals surface area (Å²) in [6.07, 6.45) is 1.85. The number of halogens is 1.